The maximum atomic E-state index is 12.6. The summed E-state index contributed by atoms with van der Waals surface area (Å²) >= 11 is 1.67. The van der Waals surface area contributed by atoms with Crippen molar-refractivity contribution in [2.75, 3.05) is 19.3 Å². The molecule has 0 saturated carbocycles. The standard InChI is InChI=1S/C18H21N3O2S/c1-13-11-19-18(20-12-13)23-15-7-9-21(10-8-15)17(22)14-3-5-16(24-2)6-4-14/h3-6,11-12,15H,7-10H2,1-2H3. The number of rotatable bonds is 4. The molecule has 0 spiro atoms. The molecule has 0 radical (unpaired) electrons. The van der Waals surface area contributed by atoms with Crippen molar-refractivity contribution in [1.82, 2.24) is 14.9 Å². The van der Waals surface area contributed by atoms with Crippen LogP contribution in [0.1, 0.15) is 28.8 Å². The molecular weight excluding hydrogens is 322 g/mol. The minimum absolute atomic E-state index is 0.0654. The predicted octanol–water partition coefficient (Wildman–Crippen LogP) is 3.19. The Kier molecular flexibility index (Phi) is 5.35. The van der Waals surface area contributed by atoms with E-state index in [9.17, 15) is 4.79 Å². The van der Waals surface area contributed by atoms with Crippen molar-refractivity contribution >= 4 is 17.7 Å². The van der Waals surface area contributed by atoms with E-state index in [4.69, 9.17) is 4.74 Å². The second-order valence-electron chi connectivity index (χ2n) is 5.88. The number of hydrogen-bond acceptors (Lipinski definition) is 5. The maximum Gasteiger partial charge on any atom is 0.316 e. The predicted molar refractivity (Wildman–Crippen MR) is 94.5 cm³/mol. The molecule has 0 aliphatic carbocycles. The van der Waals surface area contributed by atoms with Crippen LogP contribution in [0, 0.1) is 6.92 Å². The highest BCUT2D eigenvalue weighted by atomic mass is 32.2. The number of aryl methyl sites for hydroxylation is 1. The topological polar surface area (TPSA) is 55.3 Å². The first-order valence-electron chi connectivity index (χ1n) is 8.04. The number of benzene rings is 1. The SMILES string of the molecule is CSc1ccc(C(=O)N2CCC(Oc3ncc(C)cn3)CC2)cc1. The molecular formula is C18H21N3O2S. The van der Waals surface area contributed by atoms with E-state index in [1.807, 2.05) is 42.3 Å². The Labute approximate surface area is 146 Å². The Hall–Kier alpha value is -2.08. The van der Waals surface area contributed by atoms with Crippen LogP contribution >= 0.6 is 11.8 Å². The maximum absolute atomic E-state index is 12.6. The van der Waals surface area contributed by atoms with Crippen LogP contribution in [0.5, 0.6) is 6.01 Å². The average molecular weight is 343 g/mol. The highest BCUT2D eigenvalue weighted by molar-refractivity contribution is 7.98. The molecule has 0 atom stereocenters. The molecule has 0 N–H and O–H groups in total. The van der Waals surface area contributed by atoms with Gasteiger partial charge in [0, 0.05) is 48.8 Å². The number of nitrogens with zero attached hydrogens (tertiary/aromatic N) is 3. The fourth-order valence-electron chi connectivity index (χ4n) is 2.68. The number of hydrogen-bond donors (Lipinski definition) is 0. The fraction of sp³-hybridized carbons (Fsp3) is 0.389. The first kappa shape index (κ1) is 16.8. The van der Waals surface area contributed by atoms with E-state index in [0.29, 0.717) is 19.1 Å². The van der Waals surface area contributed by atoms with Crippen LogP contribution in [-0.2, 0) is 0 Å². The van der Waals surface area contributed by atoms with Crippen molar-refractivity contribution < 1.29 is 9.53 Å². The first-order valence-corrected chi connectivity index (χ1v) is 9.27. The van der Waals surface area contributed by atoms with Gasteiger partial charge in [-0.2, -0.15) is 0 Å². The van der Waals surface area contributed by atoms with Gasteiger partial charge < -0.3 is 9.64 Å². The van der Waals surface area contributed by atoms with Gasteiger partial charge in [0.1, 0.15) is 6.10 Å². The van der Waals surface area contributed by atoms with E-state index in [1.54, 1.807) is 24.2 Å². The van der Waals surface area contributed by atoms with E-state index < -0.39 is 0 Å². The smallest absolute Gasteiger partial charge is 0.316 e. The Balaban J connectivity index is 1.54. The lowest BCUT2D eigenvalue weighted by Crippen LogP contribution is -2.41. The van der Waals surface area contributed by atoms with E-state index in [0.717, 1.165) is 28.9 Å². The normalized spacial score (nSPS) is 15.3. The summed E-state index contributed by atoms with van der Waals surface area (Å²) in [7, 11) is 0. The lowest BCUT2D eigenvalue weighted by molar-refractivity contribution is 0.0578. The number of thioether (sulfide) groups is 1. The molecule has 0 bridgehead atoms. The Bertz CT molecular complexity index is 680. The van der Waals surface area contributed by atoms with Crippen molar-refractivity contribution in [2.45, 2.75) is 30.8 Å². The van der Waals surface area contributed by atoms with Crippen molar-refractivity contribution in [3.05, 3.63) is 47.8 Å². The van der Waals surface area contributed by atoms with Crippen molar-refractivity contribution in [1.29, 1.82) is 0 Å². The Morgan fingerprint density at radius 1 is 1.17 bits per heavy atom. The van der Waals surface area contributed by atoms with E-state index in [1.165, 1.54) is 0 Å². The zero-order valence-corrected chi connectivity index (χ0v) is 14.8. The number of aromatic nitrogens is 2. The van der Waals surface area contributed by atoms with Gasteiger partial charge >= 0.3 is 6.01 Å². The summed E-state index contributed by atoms with van der Waals surface area (Å²) in [5.41, 5.74) is 1.75. The summed E-state index contributed by atoms with van der Waals surface area (Å²) in [6.07, 6.45) is 7.19. The third-order valence-corrected chi connectivity index (χ3v) is 4.84. The minimum Gasteiger partial charge on any atom is -0.460 e. The summed E-state index contributed by atoms with van der Waals surface area (Å²) in [5, 5.41) is 0. The van der Waals surface area contributed by atoms with Gasteiger partial charge in [-0.25, -0.2) is 9.97 Å². The van der Waals surface area contributed by atoms with Crippen molar-refractivity contribution in [3.8, 4) is 6.01 Å². The molecule has 1 aromatic heterocycles. The van der Waals surface area contributed by atoms with E-state index in [-0.39, 0.29) is 12.0 Å². The average Bonchev–Trinajstić information content (AvgIpc) is 2.64. The third kappa shape index (κ3) is 4.06. The number of amides is 1. The summed E-state index contributed by atoms with van der Waals surface area (Å²) in [6, 6.07) is 8.19. The van der Waals surface area contributed by atoms with Crippen LogP contribution in [0.4, 0.5) is 0 Å². The van der Waals surface area contributed by atoms with Crippen LogP contribution in [0.25, 0.3) is 0 Å². The van der Waals surface area contributed by atoms with Gasteiger partial charge in [-0.15, -0.1) is 11.8 Å². The molecule has 1 saturated heterocycles. The highest BCUT2D eigenvalue weighted by Gasteiger charge is 2.25. The van der Waals surface area contributed by atoms with Crippen LogP contribution in [-0.4, -0.2) is 46.2 Å². The van der Waals surface area contributed by atoms with Crippen LogP contribution < -0.4 is 4.74 Å². The van der Waals surface area contributed by atoms with Gasteiger partial charge in [-0.1, -0.05) is 0 Å². The van der Waals surface area contributed by atoms with E-state index in [2.05, 4.69) is 9.97 Å². The third-order valence-electron chi connectivity index (χ3n) is 4.10. The number of likely N-dealkylation sites (tertiary alicyclic amines) is 1. The summed E-state index contributed by atoms with van der Waals surface area (Å²) < 4.78 is 5.81. The number of carbonyl (C=O) groups excluding carboxylic acids is 1. The van der Waals surface area contributed by atoms with Gasteiger partial charge in [0.25, 0.3) is 5.91 Å². The number of ether oxygens (including phenoxy) is 1. The molecule has 0 unspecified atom stereocenters. The molecule has 3 rings (SSSR count). The molecule has 5 nitrogen and oxygen atoms in total. The lowest BCUT2D eigenvalue weighted by atomic mass is 10.1. The summed E-state index contributed by atoms with van der Waals surface area (Å²) in [5.74, 6) is 0.0905. The molecule has 1 fully saturated rings. The Morgan fingerprint density at radius 3 is 2.38 bits per heavy atom. The molecule has 2 heterocycles. The van der Waals surface area contributed by atoms with Crippen LogP contribution in [0.3, 0.4) is 0 Å². The van der Waals surface area contributed by atoms with Crippen molar-refractivity contribution in [3.63, 3.8) is 0 Å². The molecule has 1 aliphatic heterocycles. The molecule has 2 aromatic rings. The van der Waals surface area contributed by atoms with Crippen LogP contribution in [0.15, 0.2) is 41.6 Å². The number of carbonyl (C=O) groups is 1. The second kappa shape index (κ2) is 7.66. The quantitative estimate of drug-likeness (QED) is 0.798. The second-order valence-corrected chi connectivity index (χ2v) is 6.76. The lowest BCUT2D eigenvalue weighted by Gasteiger charge is -2.31. The van der Waals surface area contributed by atoms with Crippen LogP contribution in [0.2, 0.25) is 0 Å². The molecule has 1 amide bonds. The van der Waals surface area contributed by atoms with Gasteiger partial charge in [-0.3, -0.25) is 4.79 Å². The van der Waals surface area contributed by atoms with E-state index >= 15 is 0 Å². The van der Waals surface area contributed by atoms with Gasteiger partial charge in [-0.05, 0) is 43.0 Å². The Morgan fingerprint density at radius 2 is 1.79 bits per heavy atom. The highest BCUT2D eigenvalue weighted by Crippen LogP contribution is 2.20. The zero-order valence-electron chi connectivity index (χ0n) is 13.9. The first-order chi connectivity index (χ1) is 11.7. The zero-order chi connectivity index (χ0) is 16.9. The van der Waals surface area contributed by atoms with Gasteiger partial charge in [0.05, 0.1) is 0 Å². The molecule has 1 aliphatic rings. The minimum atomic E-state index is 0.0654. The largest absolute Gasteiger partial charge is 0.460 e. The fourth-order valence-corrected chi connectivity index (χ4v) is 3.09. The van der Waals surface area contributed by atoms with Gasteiger partial charge in [0.2, 0.25) is 0 Å². The molecule has 24 heavy (non-hydrogen) atoms. The molecule has 126 valence electrons. The number of piperidine rings is 1. The summed E-state index contributed by atoms with van der Waals surface area (Å²) in [4.78, 5) is 24.0. The van der Waals surface area contributed by atoms with Crippen molar-refractivity contribution in [2.24, 2.45) is 0 Å². The molecule has 1 aromatic carbocycles. The summed E-state index contributed by atoms with van der Waals surface area (Å²) in [6.45, 7) is 3.33. The monoisotopic (exact) mass is 343 g/mol. The van der Waals surface area contributed by atoms with Gasteiger partial charge in [0.15, 0.2) is 0 Å². The molecule has 6 heteroatoms.